The van der Waals surface area contributed by atoms with Gasteiger partial charge in [0.2, 0.25) is 5.91 Å². The van der Waals surface area contributed by atoms with Gasteiger partial charge in [-0.25, -0.2) is 0 Å². The highest BCUT2D eigenvalue weighted by atomic mass is 127. The zero-order valence-electron chi connectivity index (χ0n) is 21.0. The van der Waals surface area contributed by atoms with Crippen LogP contribution in [0, 0.1) is 3.57 Å². The van der Waals surface area contributed by atoms with Gasteiger partial charge >= 0.3 is 0 Å². The lowest BCUT2D eigenvalue weighted by atomic mass is 9.94. The molecule has 1 N–H and O–H groups in total. The number of benzene rings is 3. The standard InChI is InChI=1S/C30H31Cl2IN2O3/c31-26-12-7-13-27(32)25(26)19-35(29(36)20-38-24-16-14-22(33)15-17-24)28(18-21-8-3-1-4-9-21)30(37)34-23-10-5-2-6-11-23/h1,3-4,7-9,12-17,23,28H,2,5-6,10-11,18-20H2,(H,34,37)/t28-/m0/s1. The van der Waals surface area contributed by atoms with E-state index in [-0.39, 0.29) is 31.0 Å². The van der Waals surface area contributed by atoms with E-state index in [1.807, 2.05) is 54.6 Å². The van der Waals surface area contributed by atoms with Gasteiger partial charge in [-0.1, -0.05) is 78.9 Å². The highest BCUT2D eigenvalue weighted by Gasteiger charge is 2.33. The Bertz CT molecular complexity index is 1200. The lowest BCUT2D eigenvalue weighted by molar-refractivity contribution is -0.143. The van der Waals surface area contributed by atoms with Crippen molar-refractivity contribution in [3.05, 3.63) is 97.5 Å². The Labute approximate surface area is 248 Å². The molecule has 5 nitrogen and oxygen atoms in total. The Kier molecular flexibility index (Phi) is 10.7. The number of amides is 2. The summed E-state index contributed by atoms with van der Waals surface area (Å²) in [4.78, 5) is 29.2. The van der Waals surface area contributed by atoms with Crippen LogP contribution in [0.4, 0.5) is 0 Å². The van der Waals surface area contributed by atoms with E-state index in [0.29, 0.717) is 27.8 Å². The molecular formula is C30H31Cl2IN2O3. The van der Waals surface area contributed by atoms with Crippen LogP contribution in [0.25, 0.3) is 0 Å². The van der Waals surface area contributed by atoms with Crippen molar-refractivity contribution in [1.82, 2.24) is 10.2 Å². The van der Waals surface area contributed by atoms with Crippen molar-refractivity contribution >= 4 is 57.6 Å². The molecule has 0 aliphatic heterocycles. The highest BCUT2D eigenvalue weighted by molar-refractivity contribution is 14.1. The Hall–Kier alpha value is -2.29. The van der Waals surface area contributed by atoms with E-state index in [0.717, 1.165) is 34.8 Å². The normalized spacial score (nSPS) is 14.5. The van der Waals surface area contributed by atoms with Gasteiger partial charge in [0.05, 0.1) is 0 Å². The molecule has 8 heteroatoms. The number of rotatable bonds is 10. The lowest BCUT2D eigenvalue weighted by Gasteiger charge is -2.33. The third kappa shape index (κ3) is 8.10. The van der Waals surface area contributed by atoms with E-state index < -0.39 is 6.04 Å². The van der Waals surface area contributed by atoms with Crippen LogP contribution in [0.2, 0.25) is 10.0 Å². The van der Waals surface area contributed by atoms with Crippen LogP contribution in [0.5, 0.6) is 5.75 Å². The van der Waals surface area contributed by atoms with Crippen molar-refractivity contribution in [2.24, 2.45) is 0 Å². The van der Waals surface area contributed by atoms with E-state index in [1.54, 1.807) is 23.1 Å². The largest absolute Gasteiger partial charge is 0.484 e. The summed E-state index contributed by atoms with van der Waals surface area (Å²) >= 11 is 15.2. The zero-order chi connectivity index (χ0) is 26.9. The fraction of sp³-hybridized carbons (Fsp3) is 0.333. The van der Waals surface area contributed by atoms with Gasteiger partial charge in [-0.15, -0.1) is 0 Å². The van der Waals surface area contributed by atoms with Crippen LogP contribution in [0.1, 0.15) is 43.2 Å². The molecule has 0 saturated heterocycles. The first-order valence-electron chi connectivity index (χ1n) is 12.9. The van der Waals surface area contributed by atoms with Crippen molar-refractivity contribution in [1.29, 1.82) is 0 Å². The second-order valence-corrected chi connectivity index (χ2v) is 11.6. The summed E-state index contributed by atoms with van der Waals surface area (Å²) in [6.07, 6.45) is 5.63. The number of hydrogen-bond acceptors (Lipinski definition) is 3. The first-order chi connectivity index (χ1) is 18.4. The molecule has 1 atom stereocenters. The molecular weight excluding hydrogens is 634 g/mol. The van der Waals surface area contributed by atoms with Gasteiger partial charge in [-0.05, 0) is 77.4 Å². The van der Waals surface area contributed by atoms with Gasteiger partial charge in [0, 0.05) is 38.2 Å². The fourth-order valence-electron chi connectivity index (χ4n) is 4.71. The molecule has 2 amide bonds. The number of nitrogens with zero attached hydrogens (tertiary/aromatic N) is 1. The second kappa shape index (κ2) is 14.2. The molecule has 0 radical (unpaired) electrons. The van der Waals surface area contributed by atoms with E-state index in [4.69, 9.17) is 27.9 Å². The van der Waals surface area contributed by atoms with E-state index in [1.165, 1.54) is 6.42 Å². The number of halogens is 3. The fourth-order valence-corrected chi connectivity index (χ4v) is 5.59. The van der Waals surface area contributed by atoms with Crippen molar-refractivity contribution in [3.8, 4) is 5.75 Å². The molecule has 0 spiro atoms. The van der Waals surface area contributed by atoms with Crippen LogP contribution in [0.15, 0.2) is 72.8 Å². The number of hydrogen-bond donors (Lipinski definition) is 1. The highest BCUT2D eigenvalue weighted by Crippen LogP contribution is 2.28. The van der Waals surface area contributed by atoms with Crippen LogP contribution >= 0.6 is 45.8 Å². The molecule has 3 aromatic carbocycles. The topological polar surface area (TPSA) is 58.6 Å². The number of carbonyl (C=O) groups excluding carboxylic acids is 2. The Morgan fingerprint density at radius 2 is 1.58 bits per heavy atom. The maximum Gasteiger partial charge on any atom is 0.261 e. The van der Waals surface area contributed by atoms with Crippen LogP contribution in [-0.4, -0.2) is 35.4 Å². The maximum atomic E-state index is 13.8. The van der Waals surface area contributed by atoms with Crippen molar-refractivity contribution in [2.75, 3.05) is 6.61 Å². The first-order valence-corrected chi connectivity index (χ1v) is 14.7. The van der Waals surface area contributed by atoms with Crippen molar-refractivity contribution in [3.63, 3.8) is 0 Å². The molecule has 0 bridgehead atoms. The third-order valence-corrected chi connectivity index (χ3v) is 8.22. The summed E-state index contributed by atoms with van der Waals surface area (Å²) in [5, 5.41) is 4.12. The van der Waals surface area contributed by atoms with E-state index >= 15 is 0 Å². The van der Waals surface area contributed by atoms with Gasteiger partial charge in [0.15, 0.2) is 6.61 Å². The average molecular weight is 665 g/mol. The predicted octanol–water partition coefficient (Wildman–Crippen LogP) is 7.07. The molecule has 3 aromatic rings. The molecule has 1 aliphatic rings. The Balaban J connectivity index is 1.64. The summed E-state index contributed by atoms with van der Waals surface area (Å²) in [5.41, 5.74) is 1.56. The van der Waals surface area contributed by atoms with Gasteiger partial charge in [-0.3, -0.25) is 9.59 Å². The molecule has 200 valence electrons. The maximum absolute atomic E-state index is 13.8. The zero-order valence-corrected chi connectivity index (χ0v) is 24.7. The van der Waals surface area contributed by atoms with Crippen LogP contribution < -0.4 is 10.1 Å². The molecule has 0 heterocycles. The molecule has 0 aromatic heterocycles. The van der Waals surface area contributed by atoms with Crippen molar-refractivity contribution in [2.45, 2.75) is 57.2 Å². The van der Waals surface area contributed by atoms with Gasteiger partial charge in [0.25, 0.3) is 5.91 Å². The minimum absolute atomic E-state index is 0.0863. The summed E-state index contributed by atoms with van der Waals surface area (Å²) in [7, 11) is 0. The summed E-state index contributed by atoms with van der Waals surface area (Å²) in [5.74, 6) is 0.0894. The smallest absolute Gasteiger partial charge is 0.261 e. The van der Waals surface area contributed by atoms with E-state index in [9.17, 15) is 9.59 Å². The van der Waals surface area contributed by atoms with E-state index in [2.05, 4.69) is 27.9 Å². The summed E-state index contributed by atoms with van der Waals surface area (Å²) in [6, 6.07) is 21.8. The summed E-state index contributed by atoms with van der Waals surface area (Å²) < 4.78 is 6.91. The number of ether oxygens (including phenoxy) is 1. The lowest BCUT2D eigenvalue weighted by Crippen LogP contribution is -2.53. The molecule has 38 heavy (non-hydrogen) atoms. The predicted molar refractivity (Wildman–Crippen MR) is 161 cm³/mol. The summed E-state index contributed by atoms with van der Waals surface area (Å²) in [6.45, 7) is -0.131. The first kappa shape index (κ1) is 28.7. The Morgan fingerprint density at radius 3 is 2.24 bits per heavy atom. The molecule has 1 aliphatic carbocycles. The quantitative estimate of drug-likeness (QED) is 0.236. The minimum Gasteiger partial charge on any atom is -0.484 e. The molecule has 1 fully saturated rings. The van der Waals surface area contributed by atoms with Gasteiger partial charge in [0.1, 0.15) is 11.8 Å². The van der Waals surface area contributed by atoms with Crippen LogP contribution in [0.3, 0.4) is 0 Å². The molecule has 4 rings (SSSR count). The SMILES string of the molecule is O=C(NC1CCCCC1)[C@H](Cc1ccccc1)N(Cc1c(Cl)cccc1Cl)C(=O)COc1ccc(I)cc1. The molecule has 1 saturated carbocycles. The monoisotopic (exact) mass is 664 g/mol. The molecule has 0 unspecified atom stereocenters. The van der Waals surface area contributed by atoms with Crippen LogP contribution in [-0.2, 0) is 22.6 Å². The second-order valence-electron chi connectivity index (χ2n) is 9.51. The minimum atomic E-state index is -0.764. The number of carbonyl (C=O) groups is 2. The number of nitrogens with one attached hydrogen (secondary N) is 1. The average Bonchev–Trinajstić information content (AvgIpc) is 2.92. The Morgan fingerprint density at radius 1 is 0.921 bits per heavy atom. The van der Waals surface area contributed by atoms with Crippen molar-refractivity contribution < 1.29 is 14.3 Å². The van der Waals surface area contributed by atoms with Gasteiger partial charge in [-0.2, -0.15) is 0 Å². The van der Waals surface area contributed by atoms with Gasteiger partial charge < -0.3 is 15.0 Å². The third-order valence-electron chi connectivity index (χ3n) is 6.79.